The number of hydrogen-bond donors (Lipinski definition) is 1. The number of carboxylic acid groups (broad SMARTS) is 1. The van der Waals surface area contributed by atoms with Gasteiger partial charge in [0.2, 0.25) is 0 Å². The molecule has 1 aromatic rings. The molecule has 1 aromatic carbocycles. The summed E-state index contributed by atoms with van der Waals surface area (Å²) < 4.78 is 4.99. The Morgan fingerprint density at radius 3 is 2.43 bits per heavy atom. The van der Waals surface area contributed by atoms with Crippen molar-refractivity contribution >= 4 is 17.7 Å². The van der Waals surface area contributed by atoms with Crippen LogP contribution in [0, 0.1) is 6.92 Å². The van der Waals surface area contributed by atoms with Crippen LogP contribution in [0.5, 0.6) is 0 Å². The first-order chi connectivity index (χ1) is 10.0. The lowest BCUT2D eigenvalue weighted by Gasteiger charge is -2.35. The van der Waals surface area contributed by atoms with Crippen LogP contribution in [-0.2, 0) is 4.74 Å². The van der Waals surface area contributed by atoms with Crippen molar-refractivity contribution in [1.82, 2.24) is 4.90 Å². The summed E-state index contributed by atoms with van der Waals surface area (Å²) in [6, 6.07) is 5.32. The van der Waals surface area contributed by atoms with E-state index in [0.29, 0.717) is 38.3 Å². The van der Waals surface area contributed by atoms with Crippen LogP contribution in [0.25, 0.3) is 0 Å². The fraction of sp³-hybridized carbons (Fsp3) is 0.467. The molecule has 0 unspecified atom stereocenters. The number of amides is 1. The Balaban J connectivity index is 2.01. The molecule has 1 saturated heterocycles. The number of benzene rings is 1. The lowest BCUT2D eigenvalue weighted by Crippen LogP contribution is -2.49. The Hall–Kier alpha value is -2.24. The van der Waals surface area contributed by atoms with Crippen LogP contribution >= 0.6 is 0 Å². The summed E-state index contributed by atoms with van der Waals surface area (Å²) in [4.78, 5) is 26.5. The number of aromatic carboxylic acids is 1. The maximum Gasteiger partial charge on any atom is 0.409 e. The average Bonchev–Trinajstić information content (AvgIpc) is 2.47. The topological polar surface area (TPSA) is 70.1 Å². The number of rotatable bonds is 3. The van der Waals surface area contributed by atoms with Crippen molar-refractivity contribution in [2.45, 2.75) is 13.8 Å². The van der Waals surface area contributed by atoms with Gasteiger partial charge in [-0.05, 0) is 37.6 Å². The van der Waals surface area contributed by atoms with E-state index in [1.807, 2.05) is 12.1 Å². The van der Waals surface area contributed by atoms with E-state index in [4.69, 9.17) is 9.84 Å². The molecule has 0 atom stereocenters. The third kappa shape index (κ3) is 3.45. The number of anilines is 1. The third-order valence-corrected chi connectivity index (χ3v) is 3.61. The summed E-state index contributed by atoms with van der Waals surface area (Å²) in [5, 5.41) is 9.04. The fourth-order valence-electron chi connectivity index (χ4n) is 2.45. The van der Waals surface area contributed by atoms with Gasteiger partial charge in [0.1, 0.15) is 0 Å². The molecule has 0 aliphatic carbocycles. The van der Waals surface area contributed by atoms with Gasteiger partial charge >= 0.3 is 12.1 Å². The first kappa shape index (κ1) is 15.2. The van der Waals surface area contributed by atoms with Gasteiger partial charge in [0.15, 0.2) is 0 Å². The van der Waals surface area contributed by atoms with Crippen LogP contribution in [0.15, 0.2) is 18.2 Å². The average molecular weight is 292 g/mol. The maximum atomic E-state index is 11.6. The normalized spacial score (nSPS) is 15.0. The van der Waals surface area contributed by atoms with Gasteiger partial charge in [0, 0.05) is 31.9 Å². The monoisotopic (exact) mass is 292 g/mol. The van der Waals surface area contributed by atoms with Crippen molar-refractivity contribution in [2.24, 2.45) is 0 Å². The van der Waals surface area contributed by atoms with Gasteiger partial charge in [-0.15, -0.1) is 0 Å². The van der Waals surface area contributed by atoms with E-state index in [2.05, 4.69) is 4.90 Å². The predicted molar refractivity (Wildman–Crippen MR) is 78.9 cm³/mol. The minimum atomic E-state index is -0.911. The smallest absolute Gasteiger partial charge is 0.409 e. The molecule has 1 amide bonds. The lowest BCUT2D eigenvalue weighted by molar-refractivity contribution is 0.0696. The Kier molecular flexibility index (Phi) is 4.67. The maximum absolute atomic E-state index is 11.6. The van der Waals surface area contributed by atoms with Crippen molar-refractivity contribution in [2.75, 3.05) is 37.7 Å². The minimum absolute atomic E-state index is 0.269. The molecule has 0 radical (unpaired) electrons. The molecule has 1 N–H and O–H groups in total. The highest BCUT2D eigenvalue weighted by atomic mass is 16.6. The summed E-state index contributed by atoms with van der Waals surface area (Å²) >= 11 is 0. The summed E-state index contributed by atoms with van der Waals surface area (Å²) in [5.74, 6) is -0.911. The van der Waals surface area contributed by atoms with Gasteiger partial charge in [0.05, 0.1) is 12.2 Å². The highest BCUT2D eigenvalue weighted by Gasteiger charge is 2.22. The van der Waals surface area contributed by atoms with Gasteiger partial charge < -0.3 is 19.6 Å². The van der Waals surface area contributed by atoms with Crippen LogP contribution in [0.3, 0.4) is 0 Å². The van der Waals surface area contributed by atoms with E-state index < -0.39 is 5.97 Å². The van der Waals surface area contributed by atoms with E-state index in [1.165, 1.54) is 0 Å². The second kappa shape index (κ2) is 6.47. The number of ether oxygens (including phenoxy) is 1. The molecule has 6 nitrogen and oxygen atoms in total. The van der Waals surface area contributed by atoms with Gasteiger partial charge in [0.25, 0.3) is 0 Å². The molecule has 21 heavy (non-hydrogen) atoms. The molecule has 1 heterocycles. The molecule has 0 bridgehead atoms. The second-order valence-corrected chi connectivity index (χ2v) is 4.98. The largest absolute Gasteiger partial charge is 0.478 e. The Morgan fingerprint density at radius 2 is 1.90 bits per heavy atom. The summed E-state index contributed by atoms with van der Waals surface area (Å²) in [6.07, 6.45) is -0.269. The van der Waals surface area contributed by atoms with E-state index >= 15 is 0 Å². The van der Waals surface area contributed by atoms with E-state index in [0.717, 1.165) is 11.3 Å². The number of carbonyl (C=O) groups excluding carboxylic acids is 1. The van der Waals surface area contributed by atoms with Crippen molar-refractivity contribution in [3.05, 3.63) is 29.3 Å². The molecular formula is C15H20N2O4. The predicted octanol–water partition coefficient (Wildman–Crippen LogP) is 1.97. The number of hydrogen-bond acceptors (Lipinski definition) is 4. The third-order valence-electron chi connectivity index (χ3n) is 3.61. The molecular weight excluding hydrogens is 272 g/mol. The zero-order chi connectivity index (χ0) is 15.4. The minimum Gasteiger partial charge on any atom is -0.478 e. The molecule has 2 rings (SSSR count). The Labute approximate surface area is 123 Å². The second-order valence-electron chi connectivity index (χ2n) is 4.98. The van der Waals surface area contributed by atoms with E-state index in [-0.39, 0.29) is 6.09 Å². The van der Waals surface area contributed by atoms with Crippen LogP contribution in [0.1, 0.15) is 22.8 Å². The first-order valence-corrected chi connectivity index (χ1v) is 7.03. The van der Waals surface area contributed by atoms with Crippen LogP contribution < -0.4 is 4.90 Å². The van der Waals surface area contributed by atoms with E-state index in [9.17, 15) is 9.59 Å². The fourth-order valence-corrected chi connectivity index (χ4v) is 2.45. The summed E-state index contributed by atoms with van der Waals surface area (Å²) in [6.45, 7) is 6.62. The van der Waals surface area contributed by atoms with Crippen LogP contribution in [0.2, 0.25) is 0 Å². The van der Waals surface area contributed by atoms with Gasteiger partial charge in [-0.1, -0.05) is 0 Å². The van der Waals surface area contributed by atoms with Crippen molar-refractivity contribution < 1.29 is 19.4 Å². The van der Waals surface area contributed by atoms with Gasteiger partial charge in [-0.2, -0.15) is 0 Å². The lowest BCUT2D eigenvalue weighted by atomic mass is 10.1. The summed E-state index contributed by atoms with van der Waals surface area (Å²) in [7, 11) is 0. The number of carboxylic acids is 1. The molecule has 114 valence electrons. The standard InChI is InChI=1S/C15H20N2O4/c1-3-21-15(20)17-8-6-16(7-9-17)12-4-5-13(14(18)19)11(2)10-12/h4-5,10H,3,6-9H2,1-2H3,(H,18,19). The van der Waals surface area contributed by atoms with Crippen molar-refractivity contribution in [3.8, 4) is 0 Å². The highest BCUT2D eigenvalue weighted by molar-refractivity contribution is 5.89. The molecule has 6 heteroatoms. The Morgan fingerprint density at radius 1 is 1.24 bits per heavy atom. The number of piperazine rings is 1. The molecule has 1 fully saturated rings. The van der Waals surface area contributed by atoms with Crippen molar-refractivity contribution in [3.63, 3.8) is 0 Å². The number of nitrogens with zero attached hydrogens (tertiary/aromatic N) is 2. The molecule has 0 spiro atoms. The zero-order valence-electron chi connectivity index (χ0n) is 12.3. The number of carbonyl (C=O) groups is 2. The zero-order valence-corrected chi connectivity index (χ0v) is 12.3. The SMILES string of the molecule is CCOC(=O)N1CCN(c2ccc(C(=O)O)c(C)c2)CC1. The molecule has 0 saturated carbocycles. The quantitative estimate of drug-likeness (QED) is 0.922. The molecule has 1 aliphatic heterocycles. The van der Waals surface area contributed by atoms with Gasteiger partial charge in [-0.25, -0.2) is 9.59 Å². The van der Waals surface area contributed by atoms with Gasteiger partial charge in [-0.3, -0.25) is 0 Å². The van der Waals surface area contributed by atoms with Crippen molar-refractivity contribution in [1.29, 1.82) is 0 Å². The molecule has 1 aliphatic rings. The van der Waals surface area contributed by atoms with Crippen LogP contribution in [0.4, 0.5) is 10.5 Å². The molecule has 0 aromatic heterocycles. The number of aryl methyl sites for hydroxylation is 1. The Bertz CT molecular complexity index is 536. The summed E-state index contributed by atoms with van der Waals surface area (Å²) in [5.41, 5.74) is 2.05. The highest BCUT2D eigenvalue weighted by Crippen LogP contribution is 2.21. The van der Waals surface area contributed by atoms with E-state index in [1.54, 1.807) is 24.8 Å². The van der Waals surface area contributed by atoms with Crippen LogP contribution in [-0.4, -0.2) is 54.9 Å². The first-order valence-electron chi connectivity index (χ1n) is 7.03.